The highest BCUT2D eigenvalue weighted by Gasteiger charge is 2.31. The summed E-state index contributed by atoms with van der Waals surface area (Å²) in [4.78, 5) is 28.7. The first-order chi connectivity index (χ1) is 12.9. The molecule has 1 aliphatic heterocycles. The summed E-state index contributed by atoms with van der Waals surface area (Å²) < 4.78 is 10.6. The number of piperidine rings is 1. The molecule has 0 saturated carbocycles. The highest BCUT2D eigenvalue weighted by molar-refractivity contribution is 5.88. The standard InChI is InChI=1S/C21H30N2O4/c1-6-20(24)22-11-7-8-17(14-22)21(25)23(15(2)3)13-16-9-10-18(26-4)19(12-16)27-5/h6,9-10,12,15,17H,1,7-8,11,13-14H2,2-5H3. The summed E-state index contributed by atoms with van der Waals surface area (Å²) >= 11 is 0. The van der Waals surface area contributed by atoms with Crippen molar-refractivity contribution < 1.29 is 19.1 Å². The Morgan fingerprint density at radius 3 is 2.59 bits per heavy atom. The lowest BCUT2D eigenvalue weighted by molar-refractivity contribution is -0.141. The number of likely N-dealkylation sites (tertiary alicyclic amines) is 1. The van der Waals surface area contributed by atoms with E-state index in [1.54, 1.807) is 19.1 Å². The quantitative estimate of drug-likeness (QED) is 0.689. The van der Waals surface area contributed by atoms with Crippen LogP contribution in [0.4, 0.5) is 0 Å². The van der Waals surface area contributed by atoms with Gasteiger partial charge in [-0.05, 0) is 50.5 Å². The number of hydrogen-bond acceptors (Lipinski definition) is 4. The molecule has 1 atom stereocenters. The van der Waals surface area contributed by atoms with Crippen molar-refractivity contribution in [3.8, 4) is 11.5 Å². The van der Waals surface area contributed by atoms with Crippen molar-refractivity contribution >= 4 is 11.8 Å². The molecule has 1 fully saturated rings. The number of carbonyl (C=O) groups is 2. The summed E-state index contributed by atoms with van der Waals surface area (Å²) in [6.45, 7) is 9.20. The number of rotatable bonds is 7. The molecule has 1 saturated heterocycles. The Bertz CT molecular complexity index is 687. The molecule has 27 heavy (non-hydrogen) atoms. The average molecular weight is 374 g/mol. The van der Waals surface area contributed by atoms with Crippen molar-refractivity contribution in [2.45, 2.75) is 39.3 Å². The van der Waals surface area contributed by atoms with Gasteiger partial charge in [0.1, 0.15) is 0 Å². The van der Waals surface area contributed by atoms with E-state index in [4.69, 9.17) is 9.47 Å². The topological polar surface area (TPSA) is 59.1 Å². The Hall–Kier alpha value is -2.50. The Kier molecular flexibility index (Phi) is 7.28. The minimum atomic E-state index is -0.176. The summed E-state index contributed by atoms with van der Waals surface area (Å²) in [6, 6.07) is 5.74. The van der Waals surface area contributed by atoms with Gasteiger partial charge in [-0.1, -0.05) is 12.6 Å². The highest BCUT2D eigenvalue weighted by Crippen LogP contribution is 2.29. The number of hydrogen-bond donors (Lipinski definition) is 0. The minimum Gasteiger partial charge on any atom is -0.493 e. The maximum atomic E-state index is 13.2. The molecule has 148 valence electrons. The average Bonchev–Trinajstić information content (AvgIpc) is 2.70. The molecular formula is C21H30N2O4. The zero-order chi connectivity index (χ0) is 20.0. The Morgan fingerprint density at radius 2 is 2.00 bits per heavy atom. The van der Waals surface area contributed by atoms with E-state index in [1.165, 1.54) is 6.08 Å². The van der Waals surface area contributed by atoms with Crippen molar-refractivity contribution in [2.75, 3.05) is 27.3 Å². The van der Waals surface area contributed by atoms with E-state index in [-0.39, 0.29) is 23.8 Å². The predicted molar refractivity (Wildman–Crippen MR) is 105 cm³/mol. The summed E-state index contributed by atoms with van der Waals surface area (Å²) in [5.41, 5.74) is 0.976. The number of ether oxygens (including phenoxy) is 2. The van der Waals surface area contributed by atoms with Crippen molar-refractivity contribution in [1.29, 1.82) is 0 Å². The molecule has 1 heterocycles. The van der Waals surface area contributed by atoms with Gasteiger partial charge in [-0.25, -0.2) is 0 Å². The van der Waals surface area contributed by atoms with Crippen LogP contribution in [0.5, 0.6) is 11.5 Å². The summed E-state index contributed by atoms with van der Waals surface area (Å²) in [7, 11) is 3.20. The molecule has 0 spiro atoms. The second kappa shape index (κ2) is 9.44. The molecule has 1 aliphatic rings. The number of benzene rings is 1. The van der Waals surface area contributed by atoms with Gasteiger partial charge in [-0.15, -0.1) is 0 Å². The first-order valence-corrected chi connectivity index (χ1v) is 9.34. The van der Waals surface area contributed by atoms with Crippen molar-refractivity contribution in [1.82, 2.24) is 9.80 Å². The molecule has 0 radical (unpaired) electrons. The van der Waals surface area contributed by atoms with Crippen molar-refractivity contribution in [3.63, 3.8) is 0 Å². The van der Waals surface area contributed by atoms with Crippen LogP contribution in [0.2, 0.25) is 0 Å². The fourth-order valence-corrected chi connectivity index (χ4v) is 3.43. The van der Waals surface area contributed by atoms with E-state index in [1.807, 2.05) is 36.9 Å². The van der Waals surface area contributed by atoms with E-state index in [9.17, 15) is 9.59 Å². The van der Waals surface area contributed by atoms with Gasteiger partial charge < -0.3 is 19.3 Å². The second-order valence-electron chi connectivity index (χ2n) is 7.08. The van der Waals surface area contributed by atoms with Crippen LogP contribution in [0.1, 0.15) is 32.3 Å². The second-order valence-corrected chi connectivity index (χ2v) is 7.08. The van der Waals surface area contributed by atoms with E-state index < -0.39 is 0 Å². The monoisotopic (exact) mass is 374 g/mol. The van der Waals surface area contributed by atoms with Gasteiger partial charge in [-0.3, -0.25) is 9.59 Å². The van der Waals surface area contributed by atoms with Crippen LogP contribution in [0.3, 0.4) is 0 Å². The van der Waals surface area contributed by atoms with Gasteiger partial charge >= 0.3 is 0 Å². The lowest BCUT2D eigenvalue weighted by Crippen LogP contribution is -2.48. The summed E-state index contributed by atoms with van der Waals surface area (Å²) in [5.74, 6) is 1.11. The van der Waals surface area contributed by atoms with Gasteiger partial charge in [0.2, 0.25) is 11.8 Å². The van der Waals surface area contributed by atoms with Gasteiger partial charge in [0.25, 0.3) is 0 Å². The summed E-state index contributed by atoms with van der Waals surface area (Å²) in [5, 5.41) is 0. The molecular weight excluding hydrogens is 344 g/mol. The van der Waals surface area contributed by atoms with E-state index in [0.29, 0.717) is 31.1 Å². The Morgan fingerprint density at radius 1 is 1.30 bits per heavy atom. The highest BCUT2D eigenvalue weighted by atomic mass is 16.5. The van der Waals surface area contributed by atoms with Crippen LogP contribution in [0, 0.1) is 5.92 Å². The lowest BCUT2D eigenvalue weighted by Gasteiger charge is -2.36. The molecule has 6 heteroatoms. The molecule has 0 aliphatic carbocycles. The molecule has 6 nitrogen and oxygen atoms in total. The number of nitrogens with zero attached hydrogens (tertiary/aromatic N) is 2. The molecule has 2 rings (SSSR count). The van der Waals surface area contributed by atoms with Crippen LogP contribution in [-0.2, 0) is 16.1 Å². The van der Waals surface area contributed by atoms with Crippen molar-refractivity contribution in [2.24, 2.45) is 5.92 Å². The third-order valence-electron chi connectivity index (χ3n) is 4.96. The van der Waals surface area contributed by atoms with E-state index in [2.05, 4.69) is 6.58 Å². The van der Waals surface area contributed by atoms with Gasteiger partial charge in [0, 0.05) is 25.7 Å². The Labute approximate surface area is 161 Å². The molecule has 1 aromatic rings. The third-order valence-corrected chi connectivity index (χ3v) is 4.96. The smallest absolute Gasteiger partial charge is 0.245 e. The van der Waals surface area contributed by atoms with Crippen LogP contribution < -0.4 is 9.47 Å². The van der Waals surface area contributed by atoms with E-state index >= 15 is 0 Å². The van der Waals surface area contributed by atoms with Gasteiger partial charge in [0.15, 0.2) is 11.5 Å². The van der Waals surface area contributed by atoms with Crippen LogP contribution in [0.25, 0.3) is 0 Å². The molecule has 2 amide bonds. The molecule has 1 unspecified atom stereocenters. The zero-order valence-electron chi connectivity index (χ0n) is 16.7. The maximum Gasteiger partial charge on any atom is 0.245 e. The number of methoxy groups -OCH3 is 2. The lowest BCUT2D eigenvalue weighted by atomic mass is 9.95. The third kappa shape index (κ3) is 5.02. The van der Waals surface area contributed by atoms with Gasteiger partial charge in [0.05, 0.1) is 20.1 Å². The fourth-order valence-electron chi connectivity index (χ4n) is 3.43. The minimum absolute atomic E-state index is 0.0519. The maximum absolute atomic E-state index is 13.2. The fraction of sp³-hybridized carbons (Fsp3) is 0.524. The van der Waals surface area contributed by atoms with E-state index in [0.717, 1.165) is 18.4 Å². The number of carbonyl (C=O) groups excluding carboxylic acids is 2. The molecule has 0 aromatic heterocycles. The SMILES string of the molecule is C=CC(=O)N1CCCC(C(=O)N(Cc2ccc(OC)c(OC)c2)C(C)C)C1. The first kappa shape index (κ1) is 20.8. The predicted octanol–water partition coefficient (Wildman–Crippen LogP) is 2.87. The van der Waals surface area contributed by atoms with Crippen LogP contribution in [-0.4, -0.2) is 55.0 Å². The first-order valence-electron chi connectivity index (χ1n) is 9.34. The number of amides is 2. The summed E-state index contributed by atoms with van der Waals surface area (Å²) in [6.07, 6.45) is 2.95. The molecule has 1 aromatic carbocycles. The largest absolute Gasteiger partial charge is 0.493 e. The van der Waals surface area contributed by atoms with Crippen LogP contribution >= 0.6 is 0 Å². The van der Waals surface area contributed by atoms with Crippen molar-refractivity contribution in [3.05, 3.63) is 36.4 Å². The normalized spacial score (nSPS) is 16.8. The Balaban J connectivity index is 2.15. The van der Waals surface area contributed by atoms with Crippen LogP contribution in [0.15, 0.2) is 30.9 Å². The van der Waals surface area contributed by atoms with Gasteiger partial charge in [-0.2, -0.15) is 0 Å². The molecule has 0 bridgehead atoms. The molecule has 0 N–H and O–H groups in total. The zero-order valence-corrected chi connectivity index (χ0v) is 16.7.